The van der Waals surface area contributed by atoms with Crippen LogP contribution in [-0.4, -0.2) is 72.3 Å². The Morgan fingerprint density at radius 3 is 2.18 bits per heavy atom. The number of alkyl carbamates (subject to hydrolysis) is 1. The standard InChI is InChI=1S/C28H37N3O7/c1-19-11-13-21(14-12-19)24(25(34)29-18-23(33)37-5)31(15-16-32)26(35)22(17-20-9-7-6-8-10-20)30-27(36)38-28(2,3)4/h6-14,22,24,32H,15-18H2,1-5H3,(H,29,34)(H,30,36). The highest BCUT2D eigenvalue weighted by Gasteiger charge is 2.36. The van der Waals surface area contributed by atoms with Crippen molar-refractivity contribution >= 4 is 23.9 Å². The molecule has 3 amide bonds. The second kappa shape index (κ2) is 14.1. The molecule has 0 radical (unpaired) electrons. The molecule has 3 N–H and O–H groups in total. The van der Waals surface area contributed by atoms with E-state index in [0.717, 1.165) is 11.1 Å². The van der Waals surface area contributed by atoms with Crippen molar-refractivity contribution in [2.75, 3.05) is 26.8 Å². The summed E-state index contributed by atoms with van der Waals surface area (Å²) in [5, 5.41) is 15.0. The predicted molar refractivity (Wildman–Crippen MR) is 141 cm³/mol. The molecule has 2 aromatic carbocycles. The van der Waals surface area contributed by atoms with E-state index in [2.05, 4.69) is 15.4 Å². The van der Waals surface area contributed by atoms with Crippen LogP contribution in [0, 0.1) is 6.92 Å². The van der Waals surface area contributed by atoms with Crippen molar-refractivity contribution in [3.8, 4) is 0 Å². The molecule has 206 valence electrons. The summed E-state index contributed by atoms with van der Waals surface area (Å²) in [5.41, 5.74) is 1.38. The zero-order valence-electron chi connectivity index (χ0n) is 22.5. The fraction of sp³-hybridized carbons (Fsp3) is 0.429. The van der Waals surface area contributed by atoms with Crippen LogP contribution in [-0.2, 0) is 30.3 Å². The van der Waals surface area contributed by atoms with Crippen LogP contribution in [0.3, 0.4) is 0 Å². The Bertz CT molecular complexity index is 1080. The van der Waals surface area contributed by atoms with E-state index in [1.807, 2.05) is 37.3 Å². The average molecular weight is 528 g/mol. The minimum atomic E-state index is -1.20. The average Bonchev–Trinajstić information content (AvgIpc) is 2.86. The summed E-state index contributed by atoms with van der Waals surface area (Å²) in [7, 11) is 1.20. The highest BCUT2D eigenvalue weighted by atomic mass is 16.6. The first-order valence-electron chi connectivity index (χ1n) is 12.3. The van der Waals surface area contributed by atoms with Crippen LogP contribution >= 0.6 is 0 Å². The van der Waals surface area contributed by atoms with Crippen molar-refractivity contribution < 1.29 is 33.8 Å². The largest absolute Gasteiger partial charge is 0.468 e. The van der Waals surface area contributed by atoms with Gasteiger partial charge in [-0.05, 0) is 38.8 Å². The second-order valence-electron chi connectivity index (χ2n) is 9.75. The number of aliphatic hydroxyl groups is 1. The minimum absolute atomic E-state index is 0.116. The van der Waals surface area contributed by atoms with Crippen molar-refractivity contribution in [2.45, 2.75) is 51.8 Å². The summed E-state index contributed by atoms with van der Waals surface area (Å²) in [6, 6.07) is 13.7. The number of hydrogen-bond donors (Lipinski definition) is 3. The van der Waals surface area contributed by atoms with Gasteiger partial charge in [0, 0.05) is 13.0 Å². The lowest BCUT2D eigenvalue weighted by molar-refractivity contribution is -0.145. The Kier molecular flexibility index (Phi) is 11.3. The molecule has 2 unspecified atom stereocenters. The molecule has 0 saturated heterocycles. The van der Waals surface area contributed by atoms with E-state index in [9.17, 15) is 24.3 Å². The molecule has 0 saturated carbocycles. The van der Waals surface area contributed by atoms with Gasteiger partial charge in [0.1, 0.15) is 24.2 Å². The molecule has 0 aliphatic heterocycles. The third-order valence-electron chi connectivity index (χ3n) is 5.48. The molecule has 2 aromatic rings. The molecule has 10 nitrogen and oxygen atoms in total. The maximum absolute atomic E-state index is 14.0. The normalized spacial score (nSPS) is 12.6. The Morgan fingerprint density at radius 1 is 1.00 bits per heavy atom. The van der Waals surface area contributed by atoms with Gasteiger partial charge in [0.05, 0.1) is 13.7 Å². The van der Waals surface area contributed by atoms with Crippen LogP contribution in [0.4, 0.5) is 4.79 Å². The van der Waals surface area contributed by atoms with Crippen LogP contribution in [0.5, 0.6) is 0 Å². The number of benzene rings is 2. The summed E-state index contributed by atoms with van der Waals surface area (Å²) in [6.45, 7) is 5.95. The topological polar surface area (TPSA) is 134 Å². The van der Waals surface area contributed by atoms with Gasteiger partial charge in [-0.25, -0.2) is 4.79 Å². The highest BCUT2D eigenvalue weighted by Crippen LogP contribution is 2.24. The van der Waals surface area contributed by atoms with Gasteiger partial charge in [0.2, 0.25) is 11.8 Å². The molecule has 10 heteroatoms. The van der Waals surface area contributed by atoms with Gasteiger partial charge in [-0.1, -0.05) is 60.2 Å². The second-order valence-corrected chi connectivity index (χ2v) is 9.75. The number of ether oxygens (including phenoxy) is 2. The minimum Gasteiger partial charge on any atom is -0.468 e. The number of esters is 1. The fourth-order valence-electron chi connectivity index (χ4n) is 3.72. The van der Waals surface area contributed by atoms with Gasteiger partial charge in [-0.3, -0.25) is 14.4 Å². The van der Waals surface area contributed by atoms with Crippen LogP contribution in [0.1, 0.15) is 43.5 Å². The van der Waals surface area contributed by atoms with E-state index >= 15 is 0 Å². The van der Waals surface area contributed by atoms with E-state index in [0.29, 0.717) is 5.56 Å². The Balaban J connectivity index is 2.48. The Morgan fingerprint density at radius 2 is 1.63 bits per heavy atom. The summed E-state index contributed by atoms with van der Waals surface area (Å²) in [4.78, 5) is 52.9. The predicted octanol–water partition coefficient (Wildman–Crippen LogP) is 2.28. The summed E-state index contributed by atoms with van der Waals surface area (Å²) in [6.07, 6.45) is -0.677. The molecule has 0 bridgehead atoms. The molecule has 2 atom stereocenters. The summed E-state index contributed by atoms with van der Waals surface area (Å²) in [5.74, 6) is -1.90. The van der Waals surface area contributed by atoms with Crippen molar-refractivity contribution in [2.24, 2.45) is 0 Å². The third-order valence-corrected chi connectivity index (χ3v) is 5.48. The molecule has 0 fully saturated rings. The molecule has 2 rings (SSSR count). The van der Waals surface area contributed by atoms with E-state index in [-0.39, 0.29) is 13.0 Å². The van der Waals surface area contributed by atoms with E-state index in [4.69, 9.17) is 4.74 Å². The molecular formula is C28H37N3O7. The van der Waals surface area contributed by atoms with Gasteiger partial charge in [0.15, 0.2) is 0 Å². The number of carbonyl (C=O) groups excluding carboxylic acids is 4. The summed E-state index contributed by atoms with van der Waals surface area (Å²) < 4.78 is 9.99. The first kappa shape index (κ1) is 30.3. The zero-order chi connectivity index (χ0) is 28.3. The smallest absolute Gasteiger partial charge is 0.408 e. The molecular weight excluding hydrogens is 490 g/mol. The van der Waals surface area contributed by atoms with Crippen LogP contribution in [0.2, 0.25) is 0 Å². The van der Waals surface area contributed by atoms with E-state index < -0.39 is 54.7 Å². The van der Waals surface area contributed by atoms with Gasteiger partial charge in [-0.15, -0.1) is 0 Å². The first-order valence-corrected chi connectivity index (χ1v) is 12.3. The van der Waals surface area contributed by atoms with Gasteiger partial charge in [-0.2, -0.15) is 0 Å². The van der Waals surface area contributed by atoms with E-state index in [1.54, 1.807) is 45.0 Å². The molecule has 0 spiro atoms. The number of hydrogen-bond acceptors (Lipinski definition) is 7. The lowest BCUT2D eigenvalue weighted by Crippen LogP contribution is -2.54. The number of methoxy groups -OCH3 is 1. The number of aryl methyl sites for hydroxylation is 1. The highest BCUT2D eigenvalue weighted by molar-refractivity contribution is 5.93. The Labute approximate surface area is 223 Å². The quantitative estimate of drug-likeness (QED) is 0.382. The first-order chi connectivity index (χ1) is 17.9. The van der Waals surface area contributed by atoms with Gasteiger partial charge >= 0.3 is 12.1 Å². The van der Waals surface area contributed by atoms with Crippen molar-refractivity contribution in [3.05, 3.63) is 71.3 Å². The molecule has 0 aliphatic carbocycles. The number of rotatable bonds is 11. The molecule has 0 heterocycles. The number of aliphatic hydroxyl groups excluding tert-OH is 1. The molecule has 38 heavy (non-hydrogen) atoms. The summed E-state index contributed by atoms with van der Waals surface area (Å²) >= 11 is 0. The SMILES string of the molecule is COC(=O)CNC(=O)C(c1ccc(C)cc1)N(CCO)C(=O)C(Cc1ccccc1)NC(=O)OC(C)(C)C. The lowest BCUT2D eigenvalue weighted by Gasteiger charge is -2.34. The van der Waals surface area contributed by atoms with Crippen molar-refractivity contribution in [3.63, 3.8) is 0 Å². The molecule has 0 aromatic heterocycles. The number of carbonyl (C=O) groups is 4. The number of nitrogens with one attached hydrogen (secondary N) is 2. The van der Waals surface area contributed by atoms with Crippen LogP contribution in [0.15, 0.2) is 54.6 Å². The number of nitrogens with zero attached hydrogens (tertiary/aromatic N) is 1. The van der Waals surface area contributed by atoms with Crippen molar-refractivity contribution in [1.29, 1.82) is 0 Å². The van der Waals surface area contributed by atoms with Gasteiger partial charge < -0.3 is 30.1 Å². The third kappa shape index (κ3) is 9.51. The van der Waals surface area contributed by atoms with E-state index in [1.165, 1.54) is 12.0 Å². The Hall–Kier alpha value is -3.92. The monoisotopic (exact) mass is 527 g/mol. The van der Waals surface area contributed by atoms with Gasteiger partial charge in [0.25, 0.3) is 0 Å². The van der Waals surface area contributed by atoms with Crippen molar-refractivity contribution in [1.82, 2.24) is 15.5 Å². The lowest BCUT2D eigenvalue weighted by atomic mass is 9.99. The maximum atomic E-state index is 14.0. The maximum Gasteiger partial charge on any atom is 0.408 e. The van der Waals surface area contributed by atoms with Crippen LogP contribution < -0.4 is 10.6 Å². The fourth-order valence-corrected chi connectivity index (χ4v) is 3.72. The molecule has 0 aliphatic rings. The number of amides is 3. The zero-order valence-corrected chi connectivity index (χ0v) is 22.5. The van der Waals surface area contributed by atoms with Crippen LogP contribution in [0.25, 0.3) is 0 Å².